The molecule has 1 aliphatic rings. The normalized spacial score (nSPS) is 15.0. The molecule has 12 heteroatoms. The van der Waals surface area contributed by atoms with Crippen LogP contribution in [0.1, 0.15) is 73.4 Å². The maximum atomic E-state index is 12.5. The van der Waals surface area contributed by atoms with Gasteiger partial charge in [0.2, 0.25) is 5.91 Å². The Morgan fingerprint density at radius 3 is 2.68 bits per heavy atom. The van der Waals surface area contributed by atoms with E-state index in [1.807, 2.05) is 13.8 Å². The molecule has 2 amide bonds. The van der Waals surface area contributed by atoms with Crippen molar-refractivity contribution in [2.75, 3.05) is 0 Å². The van der Waals surface area contributed by atoms with Crippen LogP contribution in [0, 0.1) is 5.92 Å². The highest BCUT2D eigenvalue weighted by molar-refractivity contribution is 5.92. The zero-order valence-electron chi connectivity index (χ0n) is 18.8. The first-order valence-corrected chi connectivity index (χ1v) is 11.1. The van der Waals surface area contributed by atoms with Crippen molar-refractivity contribution in [2.45, 2.75) is 64.3 Å². The molecule has 3 aromatic rings. The lowest BCUT2D eigenvalue weighted by atomic mass is 10.0. The Morgan fingerprint density at radius 2 is 2.00 bits per heavy atom. The summed E-state index contributed by atoms with van der Waals surface area (Å²) in [6.45, 7) is 4.05. The van der Waals surface area contributed by atoms with Gasteiger partial charge in [0.25, 0.3) is 5.91 Å². The molecule has 0 aliphatic heterocycles. The van der Waals surface area contributed by atoms with E-state index in [0.717, 1.165) is 12.8 Å². The quantitative estimate of drug-likeness (QED) is 0.492. The zero-order chi connectivity index (χ0) is 24.5. The summed E-state index contributed by atoms with van der Waals surface area (Å²) in [5, 5.41) is 14.0. The average molecular weight is 477 g/mol. The number of aromatic nitrogens is 5. The first-order valence-electron chi connectivity index (χ1n) is 11.1. The number of halogens is 3. The first kappa shape index (κ1) is 23.7. The second-order valence-corrected chi connectivity index (χ2v) is 8.76. The second-order valence-electron chi connectivity index (χ2n) is 8.76. The van der Waals surface area contributed by atoms with E-state index in [4.69, 9.17) is 0 Å². The van der Waals surface area contributed by atoms with Crippen LogP contribution >= 0.6 is 0 Å². The third kappa shape index (κ3) is 5.72. The number of rotatable bonds is 9. The van der Waals surface area contributed by atoms with Gasteiger partial charge < -0.3 is 10.6 Å². The first-order chi connectivity index (χ1) is 16.1. The number of alkyl halides is 3. The van der Waals surface area contributed by atoms with Crippen LogP contribution in [0.5, 0.6) is 0 Å². The van der Waals surface area contributed by atoms with Crippen LogP contribution in [0.3, 0.4) is 0 Å². The number of hydrogen-bond acceptors (Lipinski definition) is 5. The molecule has 0 spiro atoms. The predicted molar refractivity (Wildman–Crippen MR) is 116 cm³/mol. The van der Waals surface area contributed by atoms with E-state index in [2.05, 4.69) is 25.8 Å². The molecule has 1 aliphatic carbocycles. The molecule has 9 nitrogen and oxygen atoms in total. The summed E-state index contributed by atoms with van der Waals surface area (Å²) in [5.41, 5.74) is 2.25. The van der Waals surface area contributed by atoms with Gasteiger partial charge in [-0.2, -0.15) is 23.4 Å². The van der Waals surface area contributed by atoms with Gasteiger partial charge in [0.15, 0.2) is 5.65 Å². The Labute approximate surface area is 193 Å². The predicted octanol–water partition coefficient (Wildman–Crippen LogP) is 3.35. The Hall–Kier alpha value is -3.44. The van der Waals surface area contributed by atoms with Gasteiger partial charge >= 0.3 is 6.18 Å². The number of amides is 2. The molecule has 1 unspecified atom stereocenters. The van der Waals surface area contributed by atoms with E-state index in [1.165, 1.54) is 0 Å². The third-order valence-corrected chi connectivity index (χ3v) is 5.62. The van der Waals surface area contributed by atoms with Crippen LogP contribution in [-0.4, -0.2) is 42.4 Å². The van der Waals surface area contributed by atoms with Gasteiger partial charge in [0.1, 0.15) is 5.69 Å². The lowest BCUT2D eigenvalue weighted by Crippen LogP contribution is -2.30. The highest BCUT2D eigenvalue weighted by atomic mass is 19.4. The Balaban J connectivity index is 1.43. The highest BCUT2D eigenvalue weighted by Crippen LogP contribution is 2.41. The van der Waals surface area contributed by atoms with Gasteiger partial charge in [-0.1, -0.05) is 0 Å². The maximum absolute atomic E-state index is 12.5. The highest BCUT2D eigenvalue weighted by Gasteiger charge is 2.35. The molecule has 4 rings (SSSR count). The van der Waals surface area contributed by atoms with E-state index in [1.54, 1.807) is 39.9 Å². The Bertz CT molecular complexity index is 1180. The molecule has 0 saturated heterocycles. The van der Waals surface area contributed by atoms with Crippen LogP contribution < -0.4 is 10.6 Å². The minimum absolute atomic E-state index is 0.0435. The van der Waals surface area contributed by atoms with Gasteiger partial charge in [-0.05, 0) is 50.3 Å². The summed E-state index contributed by atoms with van der Waals surface area (Å²) in [4.78, 5) is 29.1. The van der Waals surface area contributed by atoms with Crippen LogP contribution in [-0.2, 0) is 11.3 Å². The molecular formula is C22H26F3N7O2. The number of fused-ring (bicyclic) bond motifs is 1. The van der Waals surface area contributed by atoms with Gasteiger partial charge in [-0.15, -0.1) is 0 Å². The largest absolute Gasteiger partial charge is 0.389 e. The molecular weight excluding hydrogens is 451 g/mol. The molecule has 0 bridgehead atoms. The van der Waals surface area contributed by atoms with Crippen LogP contribution in [0.2, 0.25) is 0 Å². The number of hydrogen-bond donors (Lipinski definition) is 2. The summed E-state index contributed by atoms with van der Waals surface area (Å²) >= 11 is 0. The molecule has 3 heterocycles. The van der Waals surface area contributed by atoms with Crippen LogP contribution in [0.25, 0.3) is 5.65 Å². The standard InChI is InChI=1S/C22H26F3N7O2/c1-13(2)32-17(6-8-27-32)21(34)26-11-16-12-31-18(29-16)9-15(10-28-31)20(14-3-4-14)30-19(33)5-7-22(23,24)25/h6,8-10,12-14,20H,3-5,7,11H2,1-2H3,(H,26,34)(H,30,33). The summed E-state index contributed by atoms with van der Waals surface area (Å²) in [5.74, 6) is -0.743. The van der Waals surface area contributed by atoms with E-state index in [0.29, 0.717) is 22.6 Å². The number of nitrogens with one attached hydrogen (secondary N) is 2. The fourth-order valence-corrected chi connectivity index (χ4v) is 3.77. The zero-order valence-corrected chi connectivity index (χ0v) is 18.8. The molecule has 3 aromatic heterocycles. The third-order valence-electron chi connectivity index (χ3n) is 5.62. The van der Waals surface area contributed by atoms with Crippen LogP contribution in [0.15, 0.2) is 30.7 Å². The molecule has 34 heavy (non-hydrogen) atoms. The molecule has 182 valence electrons. The van der Waals surface area contributed by atoms with Crippen molar-refractivity contribution in [1.29, 1.82) is 0 Å². The Morgan fingerprint density at radius 1 is 1.24 bits per heavy atom. The molecule has 1 saturated carbocycles. The smallest absolute Gasteiger partial charge is 0.349 e. The van der Waals surface area contributed by atoms with E-state index in [-0.39, 0.29) is 24.4 Å². The van der Waals surface area contributed by atoms with E-state index < -0.39 is 31.0 Å². The second kappa shape index (κ2) is 9.43. The van der Waals surface area contributed by atoms with Gasteiger partial charge in [-0.3, -0.25) is 14.3 Å². The summed E-state index contributed by atoms with van der Waals surface area (Å²) < 4.78 is 40.5. The molecule has 1 atom stereocenters. The fraction of sp³-hybridized carbons (Fsp3) is 0.500. The number of nitrogens with zero attached hydrogens (tertiary/aromatic N) is 5. The van der Waals surface area contributed by atoms with Crippen LogP contribution in [0.4, 0.5) is 13.2 Å². The number of carbonyl (C=O) groups is 2. The van der Waals surface area contributed by atoms with Crippen molar-refractivity contribution < 1.29 is 22.8 Å². The summed E-state index contributed by atoms with van der Waals surface area (Å²) in [6.07, 6.45) is 0.485. The van der Waals surface area contributed by atoms with Gasteiger partial charge in [-0.25, -0.2) is 9.50 Å². The van der Waals surface area contributed by atoms with Crippen molar-refractivity contribution >= 4 is 17.5 Å². The van der Waals surface area contributed by atoms with Crippen molar-refractivity contribution in [3.63, 3.8) is 0 Å². The minimum Gasteiger partial charge on any atom is -0.349 e. The average Bonchev–Trinajstić information content (AvgIpc) is 3.33. The summed E-state index contributed by atoms with van der Waals surface area (Å²) in [7, 11) is 0. The lowest BCUT2D eigenvalue weighted by molar-refractivity contribution is -0.144. The van der Waals surface area contributed by atoms with E-state index >= 15 is 0 Å². The van der Waals surface area contributed by atoms with Crippen molar-refractivity contribution in [1.82, 2.24) is 35.0 Å². The number of imidazole rings is 1. The minimum atomic E-state index is -4.37. The maximum Gasteiger partial charge on any atom is 0.389 e. The SMILES string of the molecule is CC(C)n1nccc1C(=O)NCc1cn2ncc(C(NC(=O)CCC(F)(F)F)C3CC3)cc2n1. The van der Waals surface area contributed by atoms with Crippen molar-refractivity contribution in [2.24, 2.45) is 5.92 Å². The van der Waals surface area contributed by atoms with Crippen molar-refractivity contribution in [3.05, 3.63) is 47.7 Å². The summed E-state index contributed by atoms with van der Waals surface area (Å²) in [6, 6.07) is 3.05. The molecule has 1 fully saturated rings. The van der Waals surface area contributed by atoms with E-state index in [9.17, 15) is 22.8 Å². The van der Waals surface area contributed by atoms with Crippen molar-refractivity contribution in [3.8, 4) is 0 Å². The fourth-order valence-electron chi connectivity index (χ4n) is 3.77. The molecule has 2 N–H and O–H groups in total. The molecule has 0 aromatic carbocycles. The topological polar surface area (TPSA) is 106 Å². The number of carbonyl (C=O) groups excluding carboxylic acids is 2. The van der Waals surface area contributed by atoms with Gasteiger partial charge in [0, 0.05) is 18.7 Å². The Kier molecular flexibility index (Phi) is 6.58. The van der Waals surface area contributed by atoms with Gasteiger partial charge in [0.05, 0.1) is 37.1 Å². The lowest BCUT2D eigenvalue weighted by Gasteiger charge is -2.19. The monoisotopic (exact) mass is 477 g/mol. The molecule has 0 radical (unpaired) electrons.